The van der Waals surface area contributed by atoms with Crippen LogP contribution in [0.1, 0.15) is 39.9 Å². The van der Waals surface area contributed by atoms with Crippen molar-refractivity contribution in [2.24, 2.45) is 0 Å². The lowest BCUT2D eigenvalue weighted by molar-refractivity contribution is 0.0956. The summed E-state index contributed by atoms with van der Waals surface area (Å²) in [5, 5.41) is 0. The summed E-state index contributed by atoms with van der Waals surface area (Å²) in [5.74, 6) is 1.49. The highest BCUT2D eigenvalue weighted by Crippen LogP contribution is 2.26. The molecule has 0 bridgehead atoms. The normalized spacial score (nSPS) is 12.1. The van der Waals surface area contributed by atoms with Crippen LogP contribution in [0, 0.1) is 6.92 Å². The number of aromatic nitrogens is 1. The zero-order valence-electron chi connectivity index (χ0n) is 14.4. The maximum Gasteiger partial charge on any atom is 0.226 e. The fourth-order valence-electron chi connectivity index (χ4n) is 2.84. The predicted octanol–water partition coefficient (Wildman–Crippen LogP) is 4.78. The summed E-state index contributed by atoms with van der Waals surface area (Å²) in [4.78, 5) is 15.4. The van der Waals surface area contributed by atoms with Crippen LogP contribution in [-0.2, 0) is 11.2 Å². The summed E-state index contributed by atoms with van der Waals surface area (Å²) in [5.41, 5.74) is 3.64. The molecule has 2 aromatic carbocycles. The number of rotatable bonds is 7. The summed E-state index contributed by atoms with van der Waals surface area (Å²) in [6, 6.07) is 17.4. The molecule has 0 aliphatic carbocycles. The average Bonchev–Trinajstić information content (AvgIpc) is 3.04. The van der Waals surface area contributed by atoms with Crippen LogP contribution in [0.15, 0.2) is 59.0 Å². The standard InChI is InChI=1S/C21H21NO3/c1-15-19(22-21(25-15)18-6-4-3-5-7-18)12-13-20(24-2)17-10-8-16(14-23)9-11-17/h3-11,14,20H,12-13H2,1-2H3. The molecule has 4 nitrogen and oxygen atoms in total. The highest BCUT2D eigenvalue weighted by molar-refractivity contribution is 5.74. The van der Waals surface area contributed by atoms with E-state index in [2.05, 4.69) is 4.98 Å². The van der Waals surface area contributed by atoms with Gasteiger partial charge >= 0.3 is 0 Å². The third-order valence-corrected chi connectivity index (χ3v) is 4.29. The largest absolute Gasteiger partial charge is 0.441 e. The van der Waals surface area contributed by atoms with E-state index in [0.29, 0.717) is 11.5 Å². The minimum absolute atomic E-state index is 0.0445. The molecule has 0 fully saturated rings. The van der Waals surface area contributed by atoms with Gasteiger partial charge in [-0.2, -0.15) is 0 Å². The molecular weight excluding hydrogens is 314 g/mol. The summed E-state index contributed by atoms with van der Waals surface area (Å²) in [7, 11) is 1.70. The van der Waals surface area contributed by atoms with Crippen LogP contribution >= 0.6 is 0 Å². The van der Waals surface area contributed by atoms with Crippen molar-refractivity contribution in [1.29, 1.82) is 0 Å². The zero-order valence-corrected chi connectivity index (χ0v) is 14.4. The molecule has 1 atom stereocenters. The van der Waals surface area contributed by atoms with E-state index in [-0.39, 0.29) is 6.10 Å². The molecule has 1 heterocycles. The fraction of sp³-hybridized carbons (Fsp3) is 0.238. The Balaban J connectivity index is 1.71. The van der Waals surface area contributed by atoms with Gasteiger partial charge in [0.15, 0.2) is 0 Å². The number of benzene rings is 2. The maximum absolute atomic E-state index is 10.8. The Labute approximate surface area is 147 Å². The third-order valence-electron chi connectivity index (χ3n) is 4.29. The highest BCUT2D eigenvalue weighted by atomic mass is 16.5. The summed E-state index contributed by atoms with van der Waals surface area (Å²) < 4.78 is 11.4. The SMILES string of the molecule is COC(CCc1nc(-c2ccccc2)oc1C)c1ccc(C=O)cc1. The van der Waals surface area contributed by atoms with E-state index in [9.17, 15) is 4.79 Å². The molecule has 4 heteroatoms. The van der Waals surface area contributed by atoms with Gasteiger partial charge in [0.05, 0.1) is 11.8 Å². The number of hydrogen-bond donors (Lipinski definition) is 0. The first kappa shape index (κ1) is 17.1. The second kappa shape index (κ2) is 7.90. The minimum atomic E-state index is -0.0445. The molecule has 0 radical (unpaired) electrons. The number of methoxy groups -OCH3 is 1. The van der Waals surface area contributed by atoms with Crippen molar-refractivity contribution in [2.45, 2.75) is 25.9 Å². The second-order valence-electron chi connectivity index (χ2n) is 5.94. The molecule has 0 aliphatic rings. The Bertz CT molecular complexity index is 822. The lowest BCUT2D eigenvalue weighted by Crippen LogP contribution is -2.04. The lowest BCUT2D eigenvalue weighted by Gasteiger charge is -2.15. The molecule has 1 unspecified atom stereocenters. The molecule has 0 N–H and O–H groups in total. The van der Waals surface area contributed by atoms with Gasteiger partial charge in [-0.15, -0.1) is 0 Å². The Morgan fingerprint density at radius 1 is 1.12 bits per heavy atom. The Morgan fingerprint density at radius 3 is 2.48 bits per heavy atom. The van der Waals surface area contributed by atoms with E-state index >= 15 is 0 Å². The van der Waals surface area contributed by atoms with E-state index in [1.54, 1.807) is 7.11 Å². The van der Waals surface area contributed by atoms with E-state index in [1.165, 1.54) is 0 Å². The second-order valence-corrected chi connectivity index (χ2v) is 5.94. The van der Waals surface area contributed by atoms with Crippen molar-refractivity contribution < 1.29 is 13.9 Å². The number of nitrogens with zero attached hydrogens (tertiary/aromatic N) is 1. The monoisotopic (exact) mass is 335 g/mol. The number of carbonyl (C=O) groups excluding carboxylic acids is 1. The topological polar surface area (TPSA) is 52.3 Å². The predicted molar refractivity (Wildman–Crippen MR) is 96.6 cm³/mol. The van der Waals surface area contributed by atoms with Gasteiger partial charge in [0, 0.05) is 18.2 Å². The van der Waals surface area contributed by atoms with E-state index in [0.717, 1.165) is 41.7 Å². The highest BCUT2D eigenvalue weighted by Gasteiger charge is 2.15. The Hall–Kier alpha value is -2.72. The molecule has 0 amide bonds. The molecule has 3 aromatic rings. The van der Waals surface area contributed by atoms with Gasteiger partial charge in [-0.3, -0.25) is 4.79 Å². The fourth-order valence-corrected chi connectivity index (χ4v) is 2.84. The van der Waals surface area contributed by atoms with Crippen LogP contribution in [0.2, 0.25) is 0 Å². The van der Waals surface area contributed by atoms with Gasteiger partial charge in [0.2, 0.25) is 5.89 Å². The van der Waals surface area contributed by atoms with Crippen molar-refractivity contribution in [2.75, 3.05) is 7.11 Å². The number of hydrogen-bond acceptors (Lipinski definition) is 4. The van der Waals surface area contributed by atoms with Crippen molar-refractivity contribution in [3.05, 3.63) is 77.2 Å². The van der Waals surface area contributed by atoms with Crippen LogP contribution in [0.25, 0.3) is 11.5 Å². The molecule has 0 aliphatic heterocycles. The molecule has 1 aromatic heterocycles. The zero-order chi connectivity index (χ0) is 17.6. The van der Waals surface area contributed by atoms with E-state index in [4.69, 9.17) is 9.15 Å². The quantitative estimate of drug-likeness (QED) is 0.583. The van der Waals surface area contributed by atoms with Gasteiger partial charge in [-0.1, -0.05) is 42.5 Å². The molecule has 25 heavy (non-hydrogen) atoms. The maximum atomic E-state index is 10.8. The van der Waals surface area contributed by atoms with Crippen LogP contribution in [0.3, 0.4) is 0 Å². The van der Waals surface area contributed by atoms with Crippen LogP contribution in [-0.4, -0.2) is 18.4 Å². The first-order valence-electron chi connectivity index (χ1n) is 8.31. The summed E-state index contributed by atoms with van der Waals surface area (Å²) >= 11 is 0. The van der Waals surface area contributed by atoms with E-state index < -0.39 is 0 Å². The molecule has 0 saturated heterocycles. The molecule has 0 saturated carbocycles. The van der Waals surface area contributed by atoms with Crippen molar-refractivity contribution >= 4 is 6.29 Å². The number of aldehydes is 1. The van der Waals surface area contributed by atoms with Crippen molar-refractivity contribution in [1.82, 2.24) is 4.98 Å². The van der Waals surface area contributed by atoms with Gasteiger partial charge in [0.25, 0.3) is 0 Å². The van der Waals surface area contributed by atoms with Crippen LogP contribution in [0.4, 0.5) is 0 Å². The summed E-state index contributed by atoms with van der Waals surface area (Å²) in [6.45, 7) is 1.94. The molecule has 0 spiro atoms. The number of carbonyl (C=O) groups is 1. The Kier molecular flexibility index (Phi) is 5.41. The van der Waals surface area contributed by atoms with Crippen LogP contribution < -0.4 is 0 Å². The van der Waals surface area contributed by atoms with Crippen molar-refractivity contribution in [3.63, 3.8) is 0 Å². The van der Waals surface area contributed by atoms with Gasteiger partial charge in [-0.05, 0) is 37.5 Å². The smallest absolute Gasteiger partial charge is 0.226 e. The molecular formula is C21H21NO3. The number of oxazole rings is 1. The minimum Gasteiger partial charge on any atom is -0.441 e. The van der Waals surface area contributed by atoms with Gasteiger partial charge in [0.1, 0.15) is 12.0 Å². The van der Waals surface area contributed by atoms with E-state index in [1.807, 2.05) is 61.5 Å². The first-order valence-corrected chi connectivity index (χ1v) is 8.31. The van der Waals surface area contributed by atoms with Gasteiger partial charge < -0.3 is 9.15 Å². The van der Waals surface area contributed by atoms with Crippen LogP contribution in [0.5, 0.6) is 0 Å². The first-order chi connectivity index (χ1) is 12.2. The average molecular weight is 335 g/mol. The summed E-state index contributed by atoms with van der Waals surface area (Å²) in [6.07, 6.45) is 2.35. The third kappa shape index (κ3) is 4.03. The molecule has 3 rings (SSSR count). The molecule has 128 valence electrons. The lowest BCUT2D eigenvalue weighted by atomic mass is 10.0. The number of aryl methyl sites for hydroxylation is 2. The number of ether oxygens (including phenoxy) is 1. The Morgan fingerprint density at radius 2 is 1.84 bits per heavy atom. The van der Waals surface area contributed by atoms with Crippen molar-refractivity contribution in [3.8, 4) is 11.5 Å². The van der Waals surface area contributed by atoms with Gasteiger partial charge in [-0.25, -0.2) is 4.98 Å².